The molecule has 77 heavy (non-hydrogen) atoms. The van der Waals surface area contributed by atoms with Crippen LogP contribution >= 0.6 is 0 Å². The highest BCUT2D eigenvalue weighted by molar-refractivity contribution is 6.13. The SMILES string of the molecule is COC(=O)C(C)(C)NC(=O)C(C)(C)NC(=O)C1(C(=O)C(C)(C)NC(=O)C(C)(C)NC(=O)C2(NC(=O)C(C)(C)NC(=O)C(C)(C)NC(=O)OCc3ccccc3)CCN(C(=O)OC(C)(C)C)C2)CCN(C(=O)OC(C)(C)C)C1. The van der Waals surface area contributed by atoms with Crippen molar-refractivity contribution in [3.8, 4) is 0 Å². The van der Waals surface area contributed by atoms with Gasteiger partial charge in [-0.2, -0.15) is 0 Å². The smallest absolute Gasteiger partial charge is 0.410 e. The van der Waals surface area contributed by atoms with Gasteiger partial charge in [-0.05, 0) is 143 Å². The van der Waals surface area contributed by atoms with Crippen molar-refractivity contribution < 1.29 is 71.7 Å². The fourth-order valence-corrected chi connectivity index (χ4v) is 8.11. The molecule has 9 amide bonds. The second-order valence-corrected chi connectivity index (χ2v) is 25.0. The van der Waals surface area contributed by atoms with E-state index in [-0.39, 0.29) is 32.5 Å². The van der Waals surface area contributed by atoms with Crippen molar-refractivity contribution in [3.05, 3.63) is 35.9 Å². The molecule has 2 heterocycles. The summed E-state index contributed by atoms with van der Waals surface area (Å²) in [6.07, 6.45) is -3.01. The Morgan fingerprint density at radius 3 is 1.39 bits per heavy atom. The number of ether oxygens (including phenoxy) is 4. The first-order valence-corrected chi connectivity index (χ1v) is 25.3. The molecule has 2 unspecified atom stereocenters. The Balaban J connectivity index is 1.94. The number of carbonyl (C=O) groups is 11. The zero-order valence-electron chi connectivity index (χ0n) is 48.4. The standard InChI is InChI=1S/C53H83N9O15/c1-44(2,3)76-42(72)61-27-25-52(30-61,38(68)57-47(9,10)35(65)56-51(17,18)40(70)74-19)33(63)46(7,8)54-34(64)48(11,12)58-39(69)53(26-28-62(31-53)43(73)77-45(4,5)6)59-37(67)49(13,14)55-36(66)50(15,16)60-41(71)75-29-32-23-21-20-22-24-32/h20-24H,25-31H2,1-19H3,(H,54,64)(H,55,66)(H,56,65)(H,57,68)(H,58,69)(H,59,67)(H,60,71). The molecule has 1 aromatic carbocycles. The summed E-state index contributed by atoms with van der Waals surface area (Å²) >= 11 is 0. The first kappa shape index (κ1) is 64.3. The summed E-state index contributed by atoms with van der Waals surface area (Å²) in [6.45, 7) is 24.8. The van der Waals surface area contributed by atoms with E-state index in [0.29, 0.717) is 5.56 Å². The maximum atomic E-state index is 15.1. The molecule has 0 aliphatic carbocycles. The quantitative estimate of drug-likeness (QED) is 0.0632. The van der Waals surface area contributed by atoms with E-state index in [2.05, 4.69) is 37.2 Å². The minimum atomic E-state index is -2.11. The second kappa shape index (κ2) is 22.9. The lowest BCUT2D eigenvalue weighted by Gasteiger charge is -2.40. The van der Waals surface area contributed by atoms with Gasteiger partial charge >= 0.3 is 24.2 Å². The molecule has 2 saturated heterocycles. The van der Waals surface area contributed by atoms with Crippen molar-refractivity contribution in [2.24, 2.45) is 5.41 Å². The van der Waals surface area contributed by atoms with Crippen molar-refractivity contribution >= 4 is 65.5 Å². The first-order valence-electron chi connectivity index (χ1n) is 25.3. The number of nitrogens with zero attached hydrogens (tertiary/aromatic N) is 2. The molecule has 0 radical (unpaired) electrons. The number of carbonyl (C=O) groups excluding carboxylic acids is 11. The van der Waals surface area contributed by atoms with Crippen LogP contribution in [0.3, 0.4) is 0 Å². The molecule has 2 fully saturated rings. The largest absolute Gasteiger partial charge is 0.467 e. The second-order valence-electron chi connectivity index (χ2n) is 25.0. The Morgan fingerprint density at radius 2 is 0.909 bits per heavy atom. The summed E-state index contributed by atoms with van der Waals surface area (Å²) in [5.74, 6) is -7.02. The number of alkyl carbamates (subject to hydrolysis) is 1. The molecule has 7 N–H and O–H groups in total. The number of amides is 9. The Labute approximate surface area is 451 Å². The van der Waals surface area contributed by atoms with Gasteiger partial charge in [-0.3, -0.25) is 33.6 Å². The summed E-state index contributed by atoms with van der Waals surface area (Å²) < 4.78 is 21.2. The number of ketones is 1. The molecule has 0 saturated carbocycles. The van der Waals surface area contributed by atoms with Gasteiger partial charge in [-0.1, -0.05) is 30.3 Å². The van der Waals surface area contributed by atoms with Crippen LogP contribution in [0.15, 0.2) is 30.3 Å². The van der Waals surface area contributed by atoms with Crippen molar-refractivity contribution in [2.45, 2.75) is 194 Å². The van der Waals surface area contributed by atoms with Crippen LogP contribution < -0.4 is 37.2 Å². The molecular formula is C53H83N9O15. The van der Waals surface area contributed by atoms with Crippen molar-refractivity contribution in [1.29, 1.82) is 0 Å². The van der Waals surface area contributed by atoms with E-state index in [1.54, 1.807) is 71.9 Å². The highest BCUT2D eigenvalue weighted by Gasteiger charge is 2.59. The lowest BCUT2D eigenvalue weighted by atomic mass is 9.73. The summed E-state index contributed by atoms with van der Waals surface area (Å²) in [6, 6.07) is 8.85. The zero-order chi connectivity index (χ0) is 59.3. The maximum absolute atomic E-state index is 15.1. The highest BCUT2D eigenvalue weighted by atomic mass is 16.6. The van der Waals surface area contributed by atoms with E-state index in [1.165, 1.54) is 92.9 Å². The van der Waals surface area contributed by atoms with Gasteiger partial charge in [0, 0.05) is 19.6 Å². The number of nitrogens with one attached hydrogen (secondary N) is 7. The molecule has 430 valence electrons. The predicted molar refractivity (Wildman–Crippen MR) is 280 cm³/mol. The third kappa shape index (κ3) is 16.5. The van der Waals surface area contributed by atoms with Crippen LogP contribution in [0.5, 0.6) is 0 Å². The molecule has 0 bridgehead atoms. The Bertz CT molecular complexity index is 2470. The van der Waals surface area contributed by atoms with Crippen molar-refractivity contribution in [3.63, 3.8) is 0 Å². The molecule has 3 rings (SSSR count). The average Bonchev–Trinajstić information content (AvgIpc) is 3.93. The molecule has 24 heteroatoms. The summed E-state index contributed by atoms with van der Waals surface area (Å²) in [5.41, 5.74) is -15.8. The van der Waals surface area contributed by atoms with E-state index < -0.39 is 134 Å². The molecule has 1 aromatic rings. The lowest BCUT2D eigenvalue weighted by Crippen LogP contribution is -2.71. The van der Waals surface area contributed by atoms with Gasteiger partial charge in [0.2, 0.25) is 35.4 Å². The zero-order valence-corrected chi connectivity index (χ0v) is 48.4. The van der Waals surface area contributed by atoms with Gasteiger partial charge < -0.3 is 66.0 Å². The van der Waals surface area contributed by atoms with Gasteiger partial charge in [-0.15, -0.1) is 0 Å². The van der Waals surface area contributed by atoms with Crippen LogP contribution in [-0.4, -0.2) is 159 Å². The normalized spacial score (nSPS) is 18.4. The molecular weight excluding hydrogens is 1000 g/mol. The number of likely N-dealkylation sites (tertiary alicyclic amines) is 2. The van der Waals surface area contributed by atoms with Crippen LogP contribution in [-0.2, 0) is 63.9 Å². The Kier molecular flexibility index (Phi) is 19.1. The monoisotopic (exact) mass is 1090 g/mol. The van der Waals surface area contributed by atoms with Gasteiger partial charge in [0.1, 0.15) is 56.5 Å². The summed E-state index contributed by atoms with van der Waals surface area (Å²) in [4.78, 5) is 155. The van der Waals surface area contributed by atoms with E-state index in [1.807, 2.05) is 0 Å². The summed E-state index contributed by atoms with van der Waals surface area (Å²) in [5, 5.41) is 18.3. The van der Waals surface area contributed by atoms with E-state index in [4.69, 9.17) is 18.9 Å². The molecule has 2 aliphatic rings. The number of methoxy groups -OCH3 is 1. The molecule has 2 atom stereocenters. The molecule has 2 aliphatic heterocycles. The minimum absolute atomic E-state index is 0.0741. The highest BCUT2D eigenvalue weighted by Crippen LogP contribution is 2.38. The number of rotatable bonds is 18. The van der Waals surface area contributed by atoms with Crippen molar-refractivity contribution in [2.75, 3.05) is 33.3 Å². The van der Waals surface area contributed by atoms with E-state index >= 15 is 4.79 Å². The van der Waals surface area contributed by atoms with Crippen LogP contribution in [0.25, 0.3) is 0 Å². The lowest BCUT2D eigenvalue weighted by molar-refractivity contribution is -0.151. The van der Waals surface area contributed by atoms with E-state index in [9.17, 15) is 47.9 Å². The van der Waals surface area contributed by atoms with Crippen LogP contribution in [0, 0.1) is 5.41 Å². The third-order valence-corrected chi connectivity index (χ3v) is 12.8. The Morgan fingerprint density at radius 1 is 0.494 bits per heavy atom. The van der Waals surface area contributed by atoms with Crippen LogP contribution in [0.4, 0.5) is 14.4 Å². The van der Waals surface area contributed by atoms with Gasteiger partial charge in [0.15, 0.2) is 5.78 Å². The van der Waals surface area contributed by atoms with Gasteiger partial charge in [0.05, 0.1) is 19.2 Å². The van der Waals surface area contributed by atoms with Crippen LogP contribution in [0.1, 0.15) is 143 Å². The van der Waals surface area contributed by atoms with Crippen molar-refractivity contribution in [1.82, 2.24) is 47.0 Å². The minimum Gasteiger partial charge on any atom is -0.467 e. The molecule has 24 nitrogen and oxygen atoms in total. The number of benzene rings is 1. The summed E-state index contributed by atoms with van der Waals surface area (Å²) in [7, 11) is 1.14. The average molecular weight is 1090 g/mol. The maximum Gasteiger partial charge on any atom is 0.410 e. The number of hydrogen-bond acceptors (Lipinski definition) is 15. The third-order valence-electron chi connectivity index (χ3n) is 12.8. The predicted octanol–water partition coefficient (Wildman–Crippen LogP) is 3.03. The van der Waals surface area contributed by atoms with Gasteiger partial charge in [-0.25, -0.2) is 19.2 Å². The molecule has 0 spiro atoms. The first-order chi connectivity index (χ1) is 34.8. The number of esters is 1. The Hall–Kier alpha value is -7.01. The topological polar surface area (TPSA) is 315 Å². The molecule has 0 aromatic heterocycles. The fraction of sp³-hybridized carbons (Fsp3) is 0.679. The van der Waals surface area contributed by atoms with Gasteiger partial charge in [0.25, 0.3) is 0 Å². The number of Topliss-reactive ketones (excluding diaryl/α,β-unsaturated/α-hetero) is 1. The van der Waals surface area contributed by atoms with Crippen LogP contribution in [0.2, 0.25) is 0 Å². The number of hydrogen-bond donors (Lipinski definition) is 7. The fourth-order valence-electron chi connectivity index (χ4n) is 8.11. The van der Waals surface area contributed by atoms with E-state index in [0.717, 1.165) is 7.11 Å².